The molecule has 0 saturated heterocycles. The van der Waals surface area contributed by atoms with Crippen molar-refractivity contribution in [2.45, 2.75) is 12.8 Å². The minimum absolute atomic E-state index is 0.132. The first-order valence-electron chi connectivity index (χ1n) is 8.15. The van der Waals surface area contributed by atoms with Crippen LogP contribution in [0.25, 0.3) is 16.8 Å². The number of hydrogen-bond donors (Lipinski definition) is 0. The number of methoxy groups -OCH3 is 1. The zero-order chi connectivity index (χ0) is 16.5. The number of carbonyl (C=O) groups is 1. The van der Waals surface area contributed by atoms with E-state index in [1.807, 2.05) is 36.4 Å². The Bertz CT molecular complexity index is 967. The molecule has 3 aromatic carbocycles. The van der Waals surface area contributed by atoms with Crippen LogP contribution in [-0.2, 0) is 6.42 Å². The number of fused-ring (bicyclic) bond motifs is 2. The van der Waals surface area contributed by atoms with Crippen molar-refractivity contribution in [3.05, 3.63) is 82.9 Å². The molecule has 0 atom stereocenters. The highest BCUT2D eigenvalue weighted by Crippen LogP contribution is 2.29. The lowest BCUT2D eigenvalue weighted by Crippen LogP contribution is -2.14. The van der Waals surface area contributed by atoms with Gasteiger partial charge in [0.15, 0.2) is 5.78 Å². The third-order valence-electron chi connectivity index (χ3n) is 4.63. The van der Waals surface area contributed by atoms with Crippen molar-refractivity contribution in [3.8, 4) is 5.75 Å². The Balaban J connectivity index is 1.70. The summed E-state index contributed by atoms with van der Waals surface area (Å²) in [5.74, 6) is 0.940. The average molecular weight is 314 g/mol. The fraction of sp³-hybridized carbons (Fsp3) is 0.136. The molecule has 1 aliphatic rings. The number of Topliss-reactive ketones (excluding diaryl/α,β-unsaturated/α-hetero) is 1. The number of ketones is 1. The zero-order valence-electron chi connectivity index (χ0n) is 13.6. The normalized spacial score (nSPS) is 15.5. The number of ether oxygens (including phenoxy) is 1. The third kappa shape index (κ3) is 2.61. The summed E-state index contributed by atoms with van der Waals surface area (Å²) in [5, 5.41) is 2.41. The van der Waals surface area contributed by atoms with Crippen molar-refractivity contribution in [1.29, 1.82) is 0 Å². The molecule has 0 N–H and O–H groups in total. The largest absolute Gasteiger partial charge is 0.497 e. The molecule has 0 heterocycles. The molecule has 4 rings (SSSR count). The summed E-state index contributed by atoms with van der Waals surface area (Å²) in [5.41, 5.74) is 3.83. The van der Waals surface area contributed by atoms with Gasteiger partial charge >= 0.3 is 0 Å². The van der Waals surface area contributed by atoms with Gasteiger partial charge in [0.2, 0.25) is 0 Å². The highest BCUT2D eigenvalue weighted by atomic mass is 16.5. The number of allylic oxidation sites excluding steroid dienone is 1. The number of carbonyl (C=O) groups excluding carboxylic acids is 1. The maximum absolute atomic E-state index is 12.8. The third-order valence-corrected chi connectivity index (χ3v) is 4.63. The molecule has 0 amide bonds. The average Bonchev–Trinajstić information content (AvgIpc) is 2.63. The summed E-state index contributed by atoms with van der Waals surface area (Å²) < 4.78 is 5.25. The number of hydrogen-bond acceptors (Lipinski definition) is 2. The molecule has 0 bridgehead atoms. The Morgan fingerprint density at radius 1 is 0.917 bits per heavy atom. The Morgan fingerprint density at radius 2 is 1.75 bits per heavy atom. The molecular formula is C22H18O2. The maximum Gasteiger partial charge on any atom is 0.189 e. The monoisotopic (exact) mass is 314 g/mol. The molecule has 0 spiro atoms. The Hall–Kier alpha value is -2.87. The summed E-state index contributed by atoms with van der Waals surface area (Å²) >= 11 is 0. The molecule has 0 aromatic heterocycles. The molecule has 24 heavy (non-hydrogen) atoms. The van der Waals surface area contributed by atoms with Crippen LogP contribution in [0.2, 0.25) is 0 Å². The van der Waals surface area contributed by atoms with Gasteiger partial charge in [-0.15, -0.1) is 0 Å². The van der Waals surface area contributed by atoms with Gasteiger partial charge in [0.05, 0.1) is 7.11 Å². The first kappa shape index (κ1) is 14.7. The minimum atomic E-state index is 0.132. The molecule has 2 nitrogen and oxygen atoms in total. The van der Waals surface area contributed by atoms with E-state index in [1.54, 1.807) is 7.11 Å². The second kappa shape index (κ2) is 5.97. The van der Waals surface area contributed by atoms with Crippen LogP contribution in [0.1, 0.15) is 27.9 Å². The summed E-state index contributed by atoms with van der Waals surface area (Å²) in [6.07, 6.45) is 3.67. The predicted octanol–water partition coefficient (Wildman–Crippen LogP) is 5.06. The molecule has 0 radical (unpaired) electrons. The fourth-order valence-electron chi connectivity index (χ4n) is 3.32. The van der Waals surface area contributed by atoms with E-state index in [9.17, 15) is 4.79 Å². The van der Waals surface area contributed by atoms with Crippen LogP contribution in [-0.4, -0.2) is 12.9 Å². The molecular weight excluding hydrogens is 296 g/mol. The van der Waals surface area contributed by atoms with Crippen LogP contribution in [0.5, 0.6) is 5.75 Å². The zero-order valence-corrected chi connectivity index (χ0v) is 13.6. The fourth-order valence-corrected chi connectivity index (χ4v) is 3.32. The molecule has 0 saturated carbocycles. The van der Waals surface area contributed by atoms with Crippen molar-refractivity contribution < 1.29 is 9.53 Å². The minimum Gasteiger partial charge on any atom is -0.497 e. The van der Waals surface area contributed by atoms with E-state index in [4.69, 9.17) is 4.74 Å². The first-order chi connectivity index (χ1) is 11.7. The van der Waals surface area contributed by atoms with E-state index in [-0.39, 0.29) is 5.78 Å². The van der Waals surface area contributed by atoms with Crippen molar-refractivity contribution in [3.63, 3.8) is 0 Å². The van der Waals surface area contributed by atoms with Crippen molar-refractivity contribution in [2.75, 3.05) is 7.11 Å². The summed E-state index contributed by atoms with van der Waals surface area (Å²) in [4.78, 5) is 12.8. The SMILES string of the molecule is COc1ccc2c(c1)CCC(=Cc1ccc3ccccc3c1)C2=O. The van der Waals surface area contributed by atoms with E-state index in [0.29, 0.717) is 0 Å². The topological polar surface area (TPSA) is 26.3 Å². The second-order valence-corrected chi connectivity index (χ2v) is 6.13. The van der Waals surface area contributed by atoms with Gasteiger partial charge in [0, 0.05) is 11.1 Å². The predicted molar refractivity (Wildman–Crippen MR) is 97.6 cm³/mol. The molecule has 2 heteroatoms. The molecule has 0 aliphatic heterocycles. The lowest BCUT2D eigenvalue weighted by Gasteiger charge is -2.18. The van der Waals surface area contributed by atoms with E-state index in [0.717, 1.165) is 40.9 Å². The molecule has 1 aliphatic carbocycles. The van der Waals surface area contributed by atoms with E-state index in [1.165, 1.54) is 10.8 Å². The summed E-state index contributed by atoms with van der Waals surface area (Å²) in [7, 11) is 1.65. The maximum atomic E-state index is 12.8. The van der Waals surface area contributed by atoms with E-state index < -0.39 is 0 Å². The Labute approximate surface area is 141 Å². The Kier molecular flexibility index (Phi) is 3.66. The van der Waals surface area contributed by atoms with Gasteiger partial charge in [-0.25, -0.2) is 0 Å². The lowest BCUT2D eigenvalue weighted by molar-refractivity contribution is 0.102. The lowest BCUT2D eigenvalue weighted by atomic mass is 9.86. The van der Waals surface area contributed by atoms with Crippen LogP contribution in [0.3, 0.4) is 0 Å². The number of benzene rings is 3. The van der Waals surface area contributed by atoms with Gasteiger partial charge in [-0.3, -0.25) is 4.79 Å². The standard InChI is InChI=1S/C22H18O2/c1-24-20-10-11-21-18(14-20)8-9-19(22(21)23)13-15-6-7-16-4-2-3-5-17(16)12-15/h2-7,10-14H,8-9H2,1H3. The van der Waals surface area contributed by atoms with E-state index >= 15 is 0 Å². The quantitative estimate of drug-likeness (QED) is 0.618. The molecule has 3 aromatic rings. The van der Waals surface area contributed by atoms with Crippen molar-refractivity contribution in [2.24, 2.45) is 0 Å². The first-order valence-corrected chi connectivity index (χ1v) is 8.15. The van der Waals surface area contributed by atoms with Gasteiger partial charge < -0.3 is 4.74 Å². The Morgan fingerprint density at radius 3 is 2.58 bits per heavy atom. The van der Waals surface area contributed by atoms with Gasteiger partial charge in [-0.2, -0.15) is 0 Å². The van der Waals surface area contributed by atoms with Crippen LogP contribution in [0, 0.1) is 0 Å². The number of aryl methyl sites for hydroxylation is 1. The van der Waals surface area contributed by atoms with Crippen LogP contribution < -0.4 is 4.74 Å². The summed E-state index contributed by atoms with van der Waals surface area (Å²) in [6.45, 7) is 0. The highest BCUT2D eigenvalue weighted by Gasteiger charge is 2.22. The van der Waals surface area contributed by atoms with Crippen LogP contribution in [0.4, 0.5) is 0 Å². The van der Waals surface area contributed by atoms with Crippen LogP contribution >= 0.6 is 0 Å². The van der Waals surface area contributed by atoms with Gasteiger partial charge in [-0.1, -0.05) is 36.4 Å². The van der Waals surface area contributed by atoms with Gasteiger partial charge in [-0.05, 0) is 65.1 Å². The summed E-state index contributed by atoms with van der Waals surface area (Å²) in [6, 6.07) is 20.3. The van der Waals surface area contributed by atoms with Crippen molar-refractivity contribution >= 4 is 22.6 Å². The smallest absolute Gasteiger partial charge is 0.189 e. The van der Waals surface area contributed by atoms with Crippen molar-refractivity contribution in [1.82, 2.24) is 0 Å². The second-order valence-electron chi connectivity index (χ2n) is 6.13. The van der Waals surface area contributed by atoms with Gasteiger partial charge in [0.25, 0.3) is 0 Å². The number of rotatable bonds is 2. The van der Waals surface area contributed by atoms with Gasteiger partial charge in [0.1, 0.15) is 5.75 Å². The molecule has 118 valence electrons. The molecule has 0 unspecified atom stereocenters. The molecule has 0 fully saturated rings. The highest BCUT2D eigenvalue weighted by molar-refractivity contribution is 6.13. The van der Waals surface area contributed by atoms with E-state index in [2.05, 4.69) is 30.3 Å². The van der Waals surface area contributed by atoms with Crippen LogP contribution in [0.15, 0.2) is 66.2 Å².